The number of rotatable bonds is 7. The minimum Gasteiger partial charge on any atom is -0.337 e. The quantitative estimate of drug-likeness (QED) is 0.606. The smallest absolute Gasteiger partial charge is 0.249 e. The van der Waals surface area contributed by atoms with E-state index in [1.54, 1.807) is 12.1 Å². The van der Waals surface area contributed by atoms with Crippen molar-refractivity contribution in [3.8, 4) is 11.4 Å². The fourth-order valence-electron chi connectivity index (χ4n) is 3.42. The van der Waals surface area contributed by atoms with E-state index in [1.807, 2.05) is 17.0 Å². The van der Waals surface area contributed by atoms with Gasteiger partial charge in [0, 0.05) is 23.6 Å². The van der Waals surface area contributed by atoms with Gasteiger partial charge in [0.25, 0.3) is 0 Å². The maximum absolute atomic E-state index is 12.7. The number of amides is 1. The van der Waals surface area contributed by atoms with Crippen molar-refractivity contribution < 1.29 is 9.32 Å². The van der Waals surface area contributed by atoms with Gasteiger partial charge >= 0.3 is 0 Å². The SMILES string of the molecule is CCCCCCC(=O)N1CCCCC1c1nc(-c2ccc(Cl)cc2)no1. The molecule has 6 heteroatoms. The first-order chi connectivity index (χ1) is 12.7. The molecule has 2 heterocycles. The molecule has 0 spiro atoms. The molecule has 2 aromatic rings. The van der Waals surface area contributed by atoms with Gasteiger partial charge in [-0.05, 0) is 49.9 Å². The number of likely N-dealkylation sites (tertiary alicyclic amines) is 1. The Morgan fingerprint density at radius 2 is 2.04 bits per heavy atom. The Balaban J connectivity index is 1.69. The summed E-state index contributed by atoms with van der Waals surface area (Å²) in [7, 11) is 0. The maximum Gasteiger partial charge on any atom is 0.249 e. The highest BCUT2D eigenvalue weighted by atomic mass is 35.5. The van der Waals surface area contributed by atoms with Gasteiger partial charge in [0.2, 0.25) is 17.6 Å². The molecule has 1 aromatic carbocycles. The van der Waals surface area contributed by atoms with Crippen LogP contribution in [0.3, 0.4) is 0 Å². The van der Waals surface area contributed by atoms with Gasteiger partial charge in [-0.2, -0.15) is 4.98 Å². The first-order valence-electron chi connectivity index (χ1n) is 9.58. The third kappa shape index (κ3) is 4.64. The van der Waals surface area contributed by atoms with Crippen LogP contribution in [0.15, 0.2) is 28.8 Å². The van der Waals surface area contributed by atoms with Gasteiger partial charge in [0.1, 0.15) is 6.04 Å². The number of unbranched alkanes of at least 4 members (excludes halogenated alkanes) is 3. The molecule has 0 N–H and O–H groups in total. The molecular formula is C20H26ClN3O2. The lowest BCUT2D eigenvalue weighted by Gasteiger charge is -2.33. The molecule has 140 valence electrons. The van der Waals surface area contributed by atoms with Crippen molar-refractivity contribution in [3.05, 3.63) is 35.2 Å². The highest BCUT2D eigenvalue weighted by Crippen LogP contribution is 2.32. The number of piperidine rings is 1. The highest BCUT2D eigenvalue weighted by Gasteiger charge is 2.31. The average Bonchev–Trinajstić information content (AvgIpc) is 3.16. The minimum atomic E-state index is -0.101. The molecule has 1 saturated heterocycles. The lowest BCUT2D eigenvalue weighted by Crippen LogP contribution is -2.38. The number of carbonyl (C=O) groups is 1. The van der Waals surface area contributed by atoms with Crippen LogP contribution < -0.4 is 0 Å². The number of benzene rings is 1. The highest BCUT2D eigenvalue weighted by molar-refractivity contribution is 6.30. The van der Waals surface area contributed by atoms with Crippen LogP contribution in [-0.2, 0) is 4.79 Å². The number of hydrogen-bond donors (Lipinski definition) is 0. The zero-order chi connectivity index (χ0) is 18.4. The lowest BCUT2D eigenvalue weighted by atomic mass is 10.0. The van der Waals surface area contributed by atoms with Crippen molar-refractivity contribution >= 4 is 17.5 Å². The standard InChI is InChI=1S/C20H26ClN3O2/c1-2-3-4-5-9-18(25)24-14-7-6-8-17(24)20-22-19(23-26-20)15-10-12-16(21)13-11-15/h10-13,17H,2-9,14H2,1H3. The van der Waals surface area contributed by atoms with Crippen LogP contribution in [0.5, 0.6) is 0 Å². The van der Waals surface area contributed by atoms with Crippen LogP contribution in [0.4, 0.5) is 0 Å². The monoisotopic (exact) mass is 375 g/mol. The van der Waals surface area contributed by atoms with Gasteiger partial charge in [0.05, 0.1) is 0 Å². The van der Waals surface area contributed by atoms with Crippen LogP contribution in [0, 0.1) is 0 Å². The molecular weight excluding hydrogens is 350 g/mol. The Hall–Kier alpha value is -1.88. The van der Waals surface area contributed by atoms with Crippen molar-refractivity contribution in [2.75, 3.05) is 6.54 Å². The second-order valence-electron chi connectivity index (χ2n) is 6.87. The third-order valence-electron chi connectivity index (χ3n) is 4.90. The summed E-state index contributed by atoms with van der Waals surface area (Å²) in [5, 5.41) is 4.78. The van der Waals surface area contributed by atoms with Crippen molar-refractivity contribution in [1.82, 2.24) is 15.0 Å². The largest absolute Gasteiger partial charge is 0.337 e. The summed E-state index contributed by atoms with van der Waals surface area (Å²) in [6.45, 7) is 2.95. The lowest BCUT2D eigenvalue weighted by molar-refractivity contribution is -0.135. The van der Waals surface area contributed by atoms with Crippen molar-refractivity contribution in [1.29, 1.82) is 0 Å². The van der Waals surface area contributed by atoms with E-state index < -0.39 is 0 Å². The maximum atomic E-state index is 12.7. The summed E-state index contributed by atoms with van der Waals surface area (Å²) in [6.07, 6.45) is 8.02. The van der Waals surface area contributed by atoms with Gasteiger partial charge in [-0.25, -0.2) is 0 Å². The summed E-state index contributed by atoms with van der Waals surface area (Å²) in [4.78, 5) is 19.2. The summed E-state index contributed by atoms with van der Waals surface area (Å²) < 4.78 is 5.52. The molecule has 1 aromatic heterocycles. The molecule has 5 nitrogen and oxygen atoms in total. The number of hydrogen-bond acceptors (Lipinski definition) is 4. The summed E-state index contributed by atoms with van der Waals surface area (Å²) in [6, 6.07) is 7.25. The molecule has 1 amide bonds. The van der Waals surface area contributed by atoms with E-state index in [-0.39, 0.29) is 11.9 Å². The van der Waals surface area contributed by atoms with Gasteiger partial charge < -0.3 is 9.42 Å². The number of nitrogens with zero attached hydrogens (tertiary/aromatic N) is 3. The summed E-state index contributed by atoms with van der Waals surface area (Å²) in [5.41, 5.74) is 0.859. The van der Waals surface area contributed by atoms with E-state index in [1.165, 1.54) is 12.8 Å². The molecule has 0 radical (unpaired) electrons. The van der Waals surface area contributed by atoms with Crippen LogP contribution in [0.25, 0.3) is 11.4 Å². The summed E-state index contributed by atoms with van der Waals surface area (Å²) in [5.74, 6) is 1.28. The molecule has 3 rings (SSSR count). The Morgan fingerprint density at radius 1 is 1.23 bits per heavy atom. The van der Waals surface area contributed by atoms with E-state index in [0.29, 0.717) is 23.2 Å². The number of carbonyl (C=O) groups excluding carboxylic acids is 1. The molecule has 1 unspecified atom stereocenters. The van der Waals surface area contributed by atoms with Gasteiger partial charge in [-0.1, -0.05) is 42.9 Å². The Bertz CT molecular complexity index is 714. The molecule has 1 aliphatic heterocycles. The predicted octanol–water partition coefficient (Wildman–Crippen LogP) is 5.41. The van der Waals surface area contributed by atoms with Gasteiger partial charge in [0.15, 0.2) is 0 Å². The van der Waals surface area contributed by atoms with Crippen molar-refractivity contribution in [3.63, 3.8) is 0 Å². The second kappa shape index (κ2) is 9.17. The normalized spacial score (nSPS) is 17.5. The van der Waals surface area contributed by atoms with Crippen LogP contribution in [0.1, 0.15) is 70.2 Å². The topological polar surface area (TPSA) is 59.2 Å². The van der Waals surface area contributed by atoms with E-state index >= 15 is 0 Å². The Morgan fingerprint density at radius 3 is 2.81 bits per heavy atom. The van der Waals surface area contributed by atoms with E-state index in [2.05, 4.69) is 17.1 Å². The minimum absolute atomic E-state index is 0.101. The molecule has 1 atom stereocenters. The average molecular weight is 376 g/mol. The number of halogens is 1. The fraction of sp³-hybridized carbons (Fsp3) is 0.550. The number of aromatic nitrogens is 2. The van der Waals surface area contributed by atoms with Crippen molar-refractivity contribution in [2.45, 2.75) is 64.3 Å². The predicted molar refractivity (Wildman–Crippen MR) is 102 cm³/mol. The van der Waals surface area contributed by atoms with Gasteiger partial charge in [-0.3, -0.25) is 4.79 Å². The van der Waals surface area contributed by atoms with Crippen LogP contribution >= 0.6 is 11.6 Å². The zero-order valence-electron chi connectivity index (χ0n) is 15.3. The van der Waals surface area contributed by atoms with E-state index in [4.69, 9.17) is 16.1 Å². The van der Waals surface area contributed by atoms with Gasteiger partial charge in [-0.15, -0.1) is 0 Å². The van der Waals surface area contributed by atoms with Crippen molar-refractivity contribution in [2.24, 2.45) is 0 Å². The zero-order valence-corrected chi connectivity index (χ0v) is 16.0. The van der Waals surface area contributed by atoms with Crippen LogP contribution in [0.2, 0.25) is 5.02 Å². The first-order valence-corrected chi connectivity index (χ1v) is 9.96. The Labute approximate surface area is 159 Å². The molecule has 0 saturated carbocycles. The molecule has 26 heavy (non-hydrogen) atoms. The molecule has 1 aliphatic rings. The van der Waals surface area contributed by atoms with E-state index in [0.717, 1.165) is 44.2 Å². The molecule has 0 bridgehead atoms. The van der Waals surface area contributed by atoms with Crippen LogP contribution in [-0.4, -0.2) is 27.5 Å². The third-order valence-corrected chi connectivity index (χ3v) is 5.15. The second-order valence-corrected chi connectivity index (χ2v) is 7.31. The summed E-state index contributed by atoms with van der Waals surface area (Å²) >= 11 is 5.93. The fourth-order valence-corrected chi connectivity index (χ4v) is 3.55. The van der Waals surface area contributed by atoms with E-state index in [9.17, 15) is 4.79 Å². The molecule has 0 aliphatic carbocycles. The first kappa shape index (κ1) is 18.9. The Kier molecular flexibility index (Phi) is 6.67. The molecule has 1 fully saturated rings.